The second kappa shape index (κ2) is 9.07. The van der Waals surface area contributed by atoms with Crippen LogP contribution in [-0.4, -0.2) is 35.9 Å². The van der Waals surface area contributed by atoms with Gasteiger partial charge in [0.15, 0.2) is 0 Å². The van der Waals surface area contributed by atoms with Gasteiger partial charge in [0.2, 0.25) is 0 Å². The first kappa shape index (κ1) is 24.6. The number of hydrogen-bond donors (Lipinski definition) is 1. The van der Waals surface area contributed by atoms with Crippen LogP contribution < -0.4 is 4.74 Å². The molecular weight excluding hydrogens is 447 g/mol. The Morgan fingerprint density at radius 2 is 1.79 bits per heavy atom. The number of carbonyl (C=O) groups excluding carboxylic acids is 1. The van der Waals surface area contributed by atoms with Crippen molar-refractivity contribution in [3.05, 3.63) is 64.8 Å². The van der Waals surface area contributed by atoms with E-state index in [-0.39, 0.29) is 11.4 Å². The number of rotatable bonds is 6. The topological polar surface area (TPSA) is 42.1 Å². The van der Waals surface area contributed by atoms with E-state index >= 15 is 0 Å². The summed E-state index contributed by atoms with van der Waals surface area (Å²) in [4.78, 5) is 14.4. The van der Waals surface area contributed by atoms with Gasteiger partial charge in [0, 0.05) is 0 Å². The first-order valence-electron chi connectivity index (χ1n) is 10.0. The van der Waals surface area contributed by atoms with Gasteiger partial charge in [-0.05, 0) is 0 Å². The minimum atomic E-state index is -4.90. The zero-order chi connectivity index (χ0) is 24.6. The van der Waals surface area contributed by atoms with Crippen LogP contribution in [0.2, 0.25) is 0 Å². The third-order valence-electron chi connectivity index (χ3n) is 5.39. The fourth-order valence-electron chi connectivity index (χ4n) is 3.63. The number of aldehydes is 1. The molecule has 2 aromatic carbocycles. The zero-order valence-electron chi connectivity index (χ0n) is 17.9. The molecule has 3 aromatic rings. The third-order valence-corrected chi connectivity index (χ3v) is 5.39. The molecule has 0 saturated heterocycles. The molecule has 2 atom stereocenters. The summed E-state index contributed by atoms with van der Waals surface area (Å²) in [6.07, 6.45) is -9.79. The molecule has 0 fully saturated rings. The second-order valence-corrected chi connectivity index (χ2v) is 7.78. The SMILES string of the molecule is C/C(=B\C(C)c1cccc2[nH]cc(C=O)c12)c1ccc(OC(C)C(F)(F)F)c(C(F)(F)F)c1. The summed E-state index contributed by atoms with van der Waals surface area (Å²) in [6.45, 7) is 5.84. The number of ether oxygens (including phenoxy) is 1. The van der Waals surface area contributed by atoms with Gasteiger partial charge in [-0.25, -0.2) is 0 Å². The quantitative estimate of drug-likeness (QED) is 0.262. The average molecular weight is 467 g/mol. The normalized spacial score (nSPS) is 14.6. The predicted octanol–water partition coefficient (Wildman–Crippen LogP) is 6.33. The summed E-state index contributed by atoms with van der Waals surface area (Å²) < 4.78 is 83.6. The van der Waals surface area contributed by atoms with Crippen LogP contribution in [0.3, 0.4) is 0 Å². The van der Waals surface area contributed by atoms with Gasteiger partial charge in [-0.2, -0.15) is 0 Å². The first-order chi connectivity index (χ1) is 15.3. The second-order valence-electron chi connectivity index (χ2n) is 7.78. The van der Waals surface area contributed by atoms with E-state index in [0.29, 0.717) is 18.0 Å². The number of aromatic nitrogens is 1. The van der Waals surface area contributed by atoms with Gasteiger partial charge in [-0.3, -0.25) is 0 Å². The van der Waals surface area contributed by atoms with Gasteiger partial charge < -0.3 is 0 Å². The van der Waals surface area contributed by atoms with Crippen LogP contribution in [0.25, 0.3) is 10.9 Å². The van der Waals surface area contributed by atoms with Crippen LogP contribution in [0, 0.1) is 0 Å². The number of nitrogens with one attached hydrogen (secondary N) is 1. The molecule has 3 rings (SSSR count). The van der Waals surface area contributed by atoms with Crippen LogP contribution in [0.5, 0.6) is 5.75 Å². The van der Waals surface area contributed by atoms with Gasteiger partial charge in [-0.1, -0.05) is 0 Å². The number of aromatic amines is 1. The van der Waals surface area contributed by atoms with E-state index in [2.05, 4.69) is 9.72 Å². The van der Waals surface area contributed by atoms with Crippen LogP contribution in [0.1, 0.15) is 53.6 Å². The summed E-state index contributed by atoms with van der Waals surface area (Å²) >= 11 is 0. The molecule has 0 bridgehead atoms. The van der Waals surface area contributed by atoms with Crippen LogP contribution >= 0.6 is 0 Å². The van der Waals surface area contributed by atoms with E-state index in [0.717, 1.165) is 34.9 Å². The number of carbonyl (C=O) groups is 1. The Balaban J connectivity index is 1.99. The van der Waals surface area contributed by atoms with E-state index in [9.17, 15) is 31.1 Å². The van der Waals surface area contributed by atoms with Crippen molar-refractivity contribution >= 4 is 29.6 Å². The van der Waals surface area contributed by atoms with Gasteiger partial charge in [0.05, 0.1) is 0 Å². The fraction of sp³-hybridized carbons (Fsp3) is 0.304. The van der Waals surface area contributed by atoms with E-state index in [1.165, 1.54) is 6.07 Å². The van der Waals surface area contributed by atoms with Crippen molar-refractivity contribution in [2.45, 2.75) is 45.0 Å². The summed E-state index contributed by atoms with van der Waals surface area (Å²) in [6, 6.07) is 8.42. The van der Waals surface area contributed by atoms with Crippen molar-refractivity contribution < 1.29 is 35.9 Å². The van der Waals surface area contributed by atoms with E-state index in [4.69, 9.17) is 0 Å². The molecule has 1 N–H and O–H groups in total. The van der Waals surface area contributed by atoms with Gasteiger partial charge >= 0.3 is 186 Å². The molecule has 1 heterocycles. The summed E-state index contributed by atoms with van der Waals surface area (Å²) in [5, 5.41) is 0.727. The van der Waals surface area contributed by atoms with Crippen molar-refractivity contribution in [2.24, 2.45) is 0 Å². The van der Waals surface area contributed by atoms with Crippen molar-refractivity contribution in [3.8, 4) is 5.75 Å². The first-order valence-corrected chi connectivity index (χ1v) is 10.0. The Morgan fingerprint density at radius 1 is 1.09 bits per heavy atom. The van der Waals surface area contributed by atoms with Gasteiger partial charge in [0.25, 0.3) is 0 Å². The zero-order valence-corrected chi connectivity index (χ0v) is 17.9. The third kappa shape index (κ3) is 5.31. The molecule has 0 amide bonds. The molecule has 0 aliphatic rings. The molecule has 2 unspecified atom stereocenters. The fourth-order valence-corrected chi connectivity index (χ4v) is 3.63. The van der Waals surface area contributed by atoms with Crippen LogP contribution in [0.4, 0.5) is 26.3 Å². The molecule has 0 aliphatic carbocycles. The van der Waals surface area contributed by atoms with Crippen molar-refractivity contribution in [2.75, 3.05) is 0 Å². The van der Waals surface area contributed by atoms with Crippen molar-refractivity contribution in [1.82, 2.24) is 4.98 Å². The Hall–Kier alpha value is -3.04. The molecule has 0 aliphatic heterocycles. The average Bonchev–Trinajstić information content (AvgIpc) is 3.15. The molecule has 0 saturated carbocycles. The summed E-state index contributed by atoms with van der Waals surface area (Å²) in [5.74, 6) is -1.15. The molecule has 10 heteroatoms. The van der Waals surface area contributed by atoms with E-state index in [1.807, 2.05) is 19.1 Å². The maximum atomic E-state index is 13.6. The number of fused-ring (bicyclic) bond motifs is 1. The maximum absolute atomic E-state index is 13.6. The number of hydrogen-bond acceptors (Lipinski definition) is 2. The van der Waals surface area contributed by atoms with Crippen molar-refractivity contribution in [3.63, 3.8) is 0 Å². The predicted molar refractivity (Wildman–Crippen MR) is 115 cm³/mol. The van der Waals surface area contributed by atoms with E-state index in [1.54, 1.807) is 26.1 Å². The molecule has 0 spiro atoms. The van der Waals surface area contributed by atoms with Crippen LogP contribution in [0.15, 0.2) is 42.6 Å². The molecule has 174 valence electrons. The minimum absolute atomic E-state index is 0.193. The van der Waals surface area contributed by atoms with Gasteiger partial charge in [-0.15, -0.1) is 0 Å². The Kier molecular flexibility index (Phi) is 6.76. The molecular formula is C23H20BF6NO2. The number of halogens is 6. The standard InChI is InChI=1S/C23H20BF6NO2/c1-12(24-13(2)17-5-4-6-19-21(17)16(11-32)10-31-19)15-7-8-20(18(9-15)23(28,29)30)33-14(3)22(25,26)27/h4-11,13-14,31H,1-3H3. The van der Waals surface area contributed by atoms with E-state index < -0.39 is 29.8 Å². The summed E-state index contributed by atoms with van der Waals surface area (Å²) in [5.41, 5.74) is 1.43. The van der Waals surface area contributed by atoms with Crippen LogP contribution in [-0.2, 0) is 6.18 Å². The molecule has 3 nitrogen and oxygen atoms in total. The monoisotopic (exact) mass is 467 g/mol. The molecule has 0 radical (unpaired) electrons. The molecule has 1 aromatic heterocycles. The Morgan fingerprint density at radius 3 is 2.39 bits per heavy atom. The number of H-pyrrole nitrogens is 1. The number of benzene rings is 2. The molecule has 33 heavy (non-hydrogen) atoms. The Labute approximate surface area is 186 Å². The van der Waals surface area contributed by atoms with Crippen molar-refractivity contribution in [1.29, 1.82) is 0 Å². The van der Waals surface area contributed by atoms with Gasteiger partial charge in [0.1, 0.15) is 0 Å². The summed E-state index contributed by atoms with van der Waals surface area (Å²) in [7, 11) is 0. The number of alkyl halides is 6. The Bertz CT molecular complexity index is 1200.